The Bertz CT molecular complexity index is 624. The molecule has 1 aromatic carbocycles. The molecule has 19 heavy (non-hydrogen) atoms. The summed E-state index contributed by atoms with van der Waals surface area (Å²) in [5, 5.41) is 8.59. The van der Waals surface area contributed by atoms with Crippen LogP contribution in [-0.4, -0.2) is 50.1 Å². The number of benzene rings is 1. The Balaban J connectivity index is 3.13. The molecular formula is C11H12ClNO5S. The second-order valence-corrected chi connectivity index (χ2v) is 6.39. The van der Waals surface area contributed by atoms with Crippen LogP contribution in [0.5, 0.6) is 0 Å². The molecule has 0 bridgehead atoms. The molecule has 0 radical (unpaired) electrons. The first-order valence-electron chi connectivity index (χ1n) is 5.11. The number of carbonyl (C=O) groups excluding carboxylic acids is 1. The molecule has 0 spiro atoms. The lowest BCUT2D eigenvalue weighted by atomic mass is 10.2. The molecule has 0 heterocycles. The second-order valence-electron chi connectivity index (χ2n) is 3.99. The summed E-state index contributed by atoms with van der Waals surface area (Å²) in [4.78, 5) is 23.1. The predicted octanol–water partition coefficient (Wildman–Crippen LogP) is 0.900. The van der Waals surface area contributed by atoms with Crippen LogP contribution in [-0.2, 0) is 14.6 Å². The molecule has 0 aliphatic carbocycles. The fourth-order valence-corrected chi connectivity index (χ4v) is 2.89. The molecule has 0 fully saturated rings. The number of hydrogen-bond acceptors (Lipinski definition) is 4. The zero-order valence-corrected chi connectivity index (χ0v) is 11.8. The van der Waals surface area contributed by atoms with Crippen molar-refractivity contribution in [2.75, 3.05) is 19.8 Å². The van der Waals surface area contributed by atoms with Crippen LogP contribution in [0.1, 0.15) is 10.4 Å². The van der Waals surface area contributed by atoms with Crippen molar-refractivity contribution in [3.8, 4) is 0 Å². The third-order valence-electron chi connectivity index (χ3n) is 2.34. The molecule has 0 atom stereocenters. The van der Waals surface area contributed by atoms with Gasteiger partial charge in [-0.2, -0.15) is 0 Å². The smallest absolute Gasteiger partial charge is 0.337 e. The van der Waals surface area contributed by atoms with E-state index >= 15 is 0 Å². The number of carboxylic acid groups (broad SMARTS) is 1. The number of halogens is 1. The van der Waals surface area contributed by atoms with Gasteiger partial charge in [0, 0.05) is 14.1 Å². The van der Waals surface area contributed by atoms with E-state index in [9.17, 15) is 18.0 Å². The largest absolute Gasteiger partial charge is 0.478 e. The minimum absolute atomic E-state index is 0.183. The maximum atomic E-state index is 11.9. The monoisotopic (exact) mass is 305 g/mol. The molecule has 1 rings (SSSR count). The van der Waals surface area contributed by atoms with Gasteiger partial charge in [0.25, 0.3) is 0 Å². The Morgan fingerprint density at radius 3 is 2.32 bits per heavy atom. The van der Waals surface area contributed by atoms with E-state index in [1.54, 1.807) is 0 Å². The fraction of sp³-hybridized carbons (Fsp3) is 0.273. The van der Waals surface area contributed by atoms with Crippen LogP contribution in [0.3, 0.4) is 0 Å². The molecule has 0 aliphatic rings. The number of nitrogens with zero attached hydrogens (tertiary/aromatic N) is 1. The zero-order valence-electron chi connectivity index (χ0n) is 10.3. The van der Waals surface area contributed by atoms with Gasteiger partial charge < -0.3 is 10.0 Å². The first kappa shape index (κ1) is 15.5. The zero-order chi connectivity index (χ0) is 14.8. The quantitative estimate of drug-likeness (QED) is 0.892. The number of sulfone groups is 1. The maximum Gasteiger partial charge on any atom is 0.337 e. The van der Waals surface area contributed by atoms with Crippen LogP contribution in [0.25, 0.3) is 0 Å². The van der Waals surface area contributed by atoms with Gasteiger partial charge >= 0.3 is 5.97 Å². The SMILES string of the molecule is CN(C)C(=O)CS(=O)(=O)c1ccc(C(=O)O)c(Cl)c1. The fourth-order valence-electron chi connectivity index (χ4n) is 1.24. The summed E-state index contributed by atoms with van der Waals surface area (Å²) in [5.74, 6) is -2.51. The number of aromatic carboxylic acids is 1. The first-order chi connectivity index (χ1) is 8.65. The molecule has 0 aliphatic heterocycles. The highest BCUT2D eigenvalue weighted by Gasteiger charge is 2.22. The Morgan fingerprint density at radius 2 is 1.89 bits per heavy atom. The predicted molar refractivity (Wildman–Crippen MR) is 69.2 cm³/mol. The molecule has 1 aromatic rings. The highest BCUT2D eigenvalue weighted by Crippen LogP contribution is 2.21. The van der Waals surface area contributed by atoms with E-state index in [4.69, 9.17) is 16.7 Å². The van der Waals surface area contributed by atoms with Crippen LogP contribution < -0.4 is 0 Å². The molecular weight excluding hydrogens is 294 g/mol. The number of amides is 1. The molecule has 8 heteroatoms. The Hall–Kier alpha value is -1.60. The molecule has 1 amide bonds. The Kier molecular flexibility index (Phi) is 4.54. The van der Waals surface area contributed by atoms with E-state index in [1.807, 2.05) is 0 Å². The standard InChI is InChI=1S/C11H12ClNO5S/c1-13(2)10(14)6-19(17,18)7-3-4-8(11(15)16)9(12)5-7/h3-5H,6H2,1-2H3,(H,15,16). The van der Waals surface area contributed by atoms with E-state index in [-0.39, 0.29) is 15.5 Å². The van der Waals surface area contributed by atoms with Gasteiger partial charge in [-0.05, 0) is 18.2 Å². The summed E-state index contributed by atoms with van der Waals surface area (Å²) in [5.41, 5.74) is -0.195. The van der Waals surface area contributed by atoms with Crippen molar-refractivity contribution in [2.24, 2.45) is 0 Å². The van der Waals surface area contributed by atoms with Crippen molar-refractivity contribution in [1.82, 2.24) is 4.90 Å². The first-order valence-corrected chi connectivity index (χ1v) is 7.14. The van der Waals surface area contributed by atoms with Crippen LogP contribution in [0, 0.1) is 0 Å². The van der Waals surface area contributed by atoms with Gasteiger partial charge in [0.1, 0.15) is 5.75 Å². The Morgan fingerprint density at radius 1 is 1.32 bits per heavy atom. The molecule has 0 unspecified atom stereocenters. The second kappa shape index (κ2) is 5.58. The number of carboxylic acids is 1. The number of rotatable bonds is 4. The van der Waals surface area contributed by atoms with E-state index < -0.39 is 27.5 Å². The average Bonchev–Trinajstić information content (AvgIpc) is 2.27. The van der Waals surface area contributed by atoms with Crippen LogP contribution in [0.4, 0.5) is 0 Å². The maximum absolute atomic E-state index is 11.9. The summed E-state index contributed by atoms with van der Waals surface area (Å²) in [6.45, 7) is 0. The van der Waals surface area contributed by atoms with Gasteiger partial charge in [0.2, 0.25) is 5.91 Å². The van der Waals surface area contributed by atoms with Crippen molar-refractivity contribution in [2.45, 2.75) is 4.90 Å². The highest BCUT2D eigenvalue weighted by atomic mass is 35.5. The van der Waals surface area contributed by atoms with Crippen molar-refractivity contribution in [1.29, 1.82) is 0 Å². The molecule has 1 N–H and O–H groups in total. The lowest BCUT2D eigenvalue weighted by Crippen LogP contribution is -2.29. The molecule has 0 saturated carbocycles. The van der Waals surface area contributed by atoms with E-state index in [2.05, 4.69) is 0 Å². The van der Waals surface area contributed by atoms with Gasteiger partial charge in [0.15, 0.2) is 9.84 Å². The van der Waals surface area contributed by atoms with Crippen LogP contribution >= 0.6 is 11.6 Å². The summed E-state index contributed by atoms with van der Waals surface area (Å²) in [7, 11) is -0.952. The van der Waals surface area contributed by atoms with E-state index in [0.29, 0.717) is 0 Å². The van der Waals surface area contributed by atoms with Crippen LogP contribution in [0.15, 0.2) is 23.1 Å². The highest BCUT2D eigenvalue weighted by molar-refractivity contribution is 7.92. The summed E-state index contributed by atoms with van der Waals surface area (Å²) >= 11 is 5.69. The minimum atomic E-state index is -3.84. The van der Waals surface area contributed by atoms with Crippen molar-refractivity contribution >= 4 is 33.3 Å². The average molecular weight is 306 g/mol. The molecule has 0 saturated heterocycles. The van der Waals surface area contributed by atoms with Crippen molar-refractivity contribution in [3.63, 3.8) is 0 Å². The normalized spacial score (nSPS) is 11.1. The minimum Gasteiger partial charge on any atom is -0.478 e. The van der Waals surface area contributed by atoms with E-state index in [1.165, 1.54) is 14.1 Å². The Labute approximate surface area is 115 Å². The third kappa shape index (κ3) is 3.68. The molecule has 0 aromatic heterocycles. The topological polar surface area (TPSA) is 91.8 Å². The molecule has 104 valence electrons. The lowest BCUT2D eigenvalue weighted by Gasteiger charge is -2.11. The number of hydrogen-bond donors (Lipinski definition) is 1. The van der Waals surface area contributed by atoms with Crippen molar-refractivity contribution < 1.29 is 23.1 Å². The molecule has 6 nitrogen and oxygen atoms in total. The lowest BCUT2D eigenvalue weighted by molar-refractivity contribution is -0.125. The third-order valence-corrected chi connectivity index (χ3v) is 4.25. The van der Waals surface area contributed by atoms with Gasteiger partial charge in [0.05, 0.1) is 15.5 Å². The van der Waals surface area contributed by atoms with E-state index in [0.717, 1.165) is 23.1 Å². The van der Waals surface area contributed by atoms with Gasteiger partial charge in [-0.15, -0.1) is 0 Å². The van der Waals surface area contributed by atoms with Crippen molar-refractivity contribution in [3.05, 3.63) is 28.8 Å². The van der Waals surface area contributed by atoms with Crippen LogP contribution in [0.2, 0.25) is 5.02 Å². The number of carbonyl (C=O) groups is 2. The summed E-state index contributed by atoms with van der Waals surface area (Å²) < 4.78 is 23.9. The van der Waals surface area contributed by atoms with Gasteiger partial charge in [-0.1, -0.05) is 11.6 Å². The van der Waals surface area contributed by atoms with Gasteiger partial charge in [-0.25, -0.2) is 13.2 Å². The summed E-state index contributed by atoms with van der Waals surface area (Å²) in [6.07, 6.45) is 0. The summed E-state index contributed by atoms with van der Waals surface area (Å²) in [6, 6.07) is 3.24. The van der Waals surface area contributed by atoms with Gasteiger partial charge in [-0.3, -0.25) is 4.79 Å².